The summed E-state index contributed by atoms with van der Waals surface area (Å²) < 4.78 is 51.7. The highest BCUT2D eigenvalue weighted by molar-refractivity contribution is 9.10. The lowest BCUT2D eigenvalue weighted by atomic mass is 10.1. The van der Waals surface area contributed by atoms with E-state index < -0.39 is 17.6 Å². The number of nitrogens with zero attached hydrogens (tertiary/aromatic N) is 2. The van der Waals surface area contributed by atoms with Crippen molar-refractivity contribution >= 4 is 45.0 Å². The first-order valence-corrected chi connectivity index (χ1v) is 7.16. The maximum atomic E-state index is 13.8. The minimum atomic E-state index is -4.80. The Morgan fingerprint density at radius 1 is 1.38 bits per heavy atom. The highest BCUT2D eigenvalue weighted by Crippen LogP contribution is 2.34. The van der Waals surface area contributed by atoms with E-state index in [1.54, 1.807) is 0 Å². The minimum Gasteiger partial charge on any atom is -0.303 e. The molecule has 1 aromatic rings. The molecule has 0 spiro atoms. The summed E-state index contributed by atoms with van der Waals surface area (Å²) in [5.41, 5.74) is -1.76. The number of hydrogen-bond acceptors (Lipinski definition) is 4. The number of thioether (sulfide) groups is 1. The summed E-state index contributed by atoms with van der Waals surface area (Å²) in [6.45, 7) is 0. The number of carbonyl (C=O) groups is 1. The van der Waals surface area contributed by atoms with E-state index in [1.165, 1.54) is 0 Å². The molecule has 112 valence electrons. The molecule has 0 radical (unpaired) electrons. The van der Waals surface area contributed by atoms with Gasteiger partial charge >= 0.3 is 6.18 Å². The standard InChI is InChI=1S/C11H6BrF4N3OS/c12-7-2-1-6(11(14,15)16)9(13)5(7)3-17-19-10-18-8(20)4-21-10/h1-3H,4H2,(H,18,19,20). The third kappa shape index (κ3) is 3.82. The van der Waals surface area contributed by atoms with Gasteiger partial charge in [-0.1, -0.05) is 27.7 Å². The van der Waals surface area contributed by atoms with E-state index in [0.717, 1.165) is 24.0 Å². The van der Waals surface area contributed by atoms with Crippen LogP contribution in [0.25, 0.3) is 0 Å². The Hall–Kier alpha value is -1.42. The van der Waals surface area contributed by atoms with Crippen LogP contribution in [0.3, 0.4) is 0 Å². The monoisotopic (exact) mass is 383 g/mol. The third-order valence-corrected chi connectivity index (χ3v) is 3.91. The van der Waals surface area contributed by atoms with Gasteiger partial charge in [0.2, 0.25) is 5.91 Å². The van der Waals surface area contributed by atoms with Crippen LogP contribution in [0.4, 0.5) is 17.6 Å². The first kappa shape index (κ1) is 16.0. The quantitative estimate of drug-likeness (QED) is 0.484. The molecule has 4 nitrogen and oxygen atoms in total. The van der Waals surface area contributed by atoms with Crippen molar-refractivity contribution in [2.24, 2.45) is 10.2 Å². The van der Waals surface area contributed by atoms with Crippen LogP contribution in [0.2, 0.25) is 0 Å². The topological polar surface area (TPSA) is 53.8 Å². The highest BCUT2D eigenvalue weighted by atomic mass is 79.9. The molecule has 1 aromatic carbocycles. The molecule has 1 saturated heterocycles. The van der Waals surface area contributed by atoms with Crippen LogP contribution >= 0.6 is 27.7 Å². The van der Waals surface area contributed by atoms with Crippen molar-refractivity contribution in [2.45, 2.75) is 6.18 Å². The Bertz CT molecular complexity index is 645. The second kappa shape index (κ2) is 6.14. The Labute approximate surface area is 128 Å². The number of benzene rings is 1. The molecule has 10 heteroatoms. The van der Waals surface area contributed by atoms with Crippen molar-refractivity contribution in [1.82, 2.24) is 5.32 Å². The predicted octanol–water partition coefficient (Wildman–Crippen LogP) is 3.16. The molecule has 1 fully saturated rings. The van der Waals surface area contributed by atoms with E-state index in [9.17, 15) is 22.4 Å². The third-order valence-electron chi connectivity index (χ3n) is 2.35. The van der Waals surface area contributed by atoms with Crippen molar-refractivity contribution in [3.8, 4) is 0 Å². The molecule has 0 saturated carbocycles. The van der Waals surface area contributed by atoms with Gasteiger partial charge in [0.15, 0.2) is 5.17 Å². The fourth-order valence-corrected chi connectivity index (χ4v) is 2.46. The number of amides is 1. The molecule has 2 rings (SSSR count). The molecule has 0 aromatic heterocycles. The lowest BCUT2D eigenvalue weighted by Gasteiger charge is -2.10. The lowest BCUT2D eigenvalue weighted by Crippen LogP contribution is -2.19. The molecule has 1 aliphatic rings. The van der Waals surface area contributed by atoms with Crippen LogP contribution in [0, 0.1) is 5.82 Å². The number of rotatable bonds is 2. The van der Waals surface area contributed by atoms with Crippen LogP contribution in [-0.4, -0.2) is 23.0 Å². The Morgan fingerprint density at radius 2 is 2.10 bits per heavy atom. The number of amidine groups is 1. The van der Waals surface area contributed by atoms with E-state index >= 15 is 0 Å². The zero-order valence-electron chi connectivity index (χ0n) is 10.0. The number of alkyl halides is 3. The van der Waals surface area contributed by atoms with E-state index in [4.69, 9.17) is 0 Å². The zero-order valence-corrected chi connectivity index (χ0v) is 12.4. The van der Waals surface area contributed by atoms with Gasteiger partial charge < -0.3 is 5.32 Å². The zero-order chi connectivity index (χ0) is 15.6. The summed E-state index contributed by atoms with van der Waals surface area (Å²) >= 11 is 4.04. The highest BCUT2D eigenvalue weighted by Gasteiger charge is 2.35. The van der Waals surface area contributed by atoms with E-state index in [2.05, 4.69) is 31.4 Å². The number of carbonyl (C=O) groups excluding carboxylic acids is 1. The Morgan fingerprint density at radius 3 is 2.67 bits per heavy atom. The molecule has 0 aliphatic carbocycles. The van der Waals surface area contributed by atoms with Crippen LogP contribution in [0.1, 0.15) is 11.1 Å². The normalized spacial score (nSPS) is 17.8. The molecule has 21 heavy (non-hydrogen) atoms. The second-order valence-corrected chi connectivity index (χ2v) is 5.63. The fourth-order valence-electron chi connectivity index (χ4n) is 1.42. The number of hydrogen-bond donors (Lipinski definition) is 1. The summed E-state index contributed by atoms with van der Waals surface area (Å²) in [6, 6.07) is 1.71. The van der Waals surface area contributed by atoms with Crippen LogP contribution in [0.15, 0.2) is 26.8 Å². The van der Waals surface area contributed by atoms with Gasteiger partial charge in [0.05, 0.1) is 17.5 Å². The summed E-state index contributed by atoms with van der Waals surface area (Å²) in [5, 5.41) is 9.67. The maximum absolute atomic E-state index is 13.8. The molecule has 1 amide bonds. The van der Waals surface area contributed by atoms with Gasteiger partial charge in [0, 0.05) is 10.0 Å². The lowest BCUT2D eigenvalue weighted by molar-refractivity contribution is -0.140. The van der Waals surface area contributed by atoms with Crippen molar-refractivity contribution < 1.29 is 22.4 Å². The molecule has 0 atom stereocenters. The minimum absolute atomic E-state index is 0.111. The predicted molar refractivity (Wildman–Crippen MR) is 74.7 cm³/mol. The van der Waals surface area contributed by atoms with Gasteiger partial charge in [-0.3, -0.25) is 4.79 Å². The molecule has 0 bridgehead atoms. The summed E-state index contributed by atoms with van der Waals surface area (Å²) in [6.07, 6.45) is -3.94. The van der Waals surface area contributed by atoms with Gasteiger partial charge in [-0.2, -0.15) is 18.3 Å². The van der Waals surface area contributed by atoms with Crippen molar-refractivity contribution in [2.75, 3.05) is 5.75 Å². The van der Waals surface area contributed by atoms with Crippen LogP contribution < -0.4 is 5.32 Å². The molecular weight excluding hydrogens is 378 g/mol. The molecule has 1 heterocycles. The molecule has 1 aliphatic heterocycles. The molecular formula is C11H6BrF4N3OS. The largest absolute Gasteiger partial charge is 0.419 e. The molecule has 1 N–H and O–H groups in total. The van der Waals surface area contributed by atoms with Gasteiger partial charge in [0.25, 0.3) is 0 Å². The second-order valence-electron chi connectivity index (χ2n) is 3.81. The SMILES string of the molecule is O=C1CSC(=NN=Cc2c(Br)ccc(C(F)(F)F)c2F)N1. The Kier molecular flexibility index (Phi) is 4.67. The van der Waals surface area contributed by atoms with E-state index in [1.807, 2.05) is 0 Å². The number of nitrogens with one attached hydrogen (secondary N) is 1. The van der Waals surface area contributed by atoms with Gasteiger partial charge in [0.1, 0.15) is 5.82 Å². The summed E-state index contributed by atoms with van der Waals surface area (Å²) in [4.78, 5) is 10.9. The summed E-state index contributed by atoms with van der Waals surface area (Å²) in [5.74, 6) is -1.50. The van der Waals surface area contributed by atoms with E-state index in [0.29, 0.717) is 6.07 Å². The average molecular weight is 384 g/mol. The van der Waals surface area contributed by atoms with Crippen molar-refractivity contribution in [1.29, 1.82) is 0 Å². The van der Waals surface area contributed by atoms with Crippen LogP contribution in [-0.2, 0) is 11.0 Å². The fraction of sp³-hybridized carbons (Fsp3) is 0.182. The number of halogens is 5. The molecule has 0 unspecified atom stereocenters. The van der Waals surface area contributed by atoms with Gasteiger partial charge in [-0.15, -0.1) is 5.10 Å². The Balaban J connectivity index is 2.29. The van der Waals surface area contributed by atoms with E-state index in [-0.39, 0.29) is 26.9 Å². The first-order valence-electron chi connectivity index (χ1n) is 5.38. The maximum Gasteiger partial charge on any atom is 0.419 e. The van der Waals surface area contributed by atoms with Crippen molar-refractivity contribution in [3.63, 3.8) is 0 Å². The smallest absolute Gasteiger partial charge is 0.303 e. The van der Waals surface area contributed by atoms with Crippen molar-refractivity contribution in [3.05, 3.63) is 33.5 Å². The van der Waals surface area contributed by atoms with Gasteiger partial charge in [-0.25, -0.2) is 4.39 Å². The van der Waals surface area contributed by atoms with Gasteiger partial charge in [-0.05, 0) is 12.1 Å². The first-order chi connectivity index (χ1) is 9.79. The summed E-state index contributed by atoms with van der Waals surface area (Å²) in [7, 11) is 0. The van der Waals surface area contributed by atoms with Crippen LogP contribution in [0.5, 0.6) is 0 Å². The average Bonchev–Trinajstić information content (AvgIpc) is 2.77.